The molecule has 2 aromatic heterocycles. The fraction of sp³-hybridized carbons (Fsp3) is 0.214. The first kappa shape index (κ1) is 12.9. The molecule has 0 unspecified atom stereocenters. The van der Waals surface area contributed by atoms with Crippen LogP contribution in [0.25, 0.3) is 22.6 Å². The molecule has 0 aliphatic rings. The summed E-state index contributed by atoms with van der Waals surface area (Å²) in [6.07, 6.45) is 0.864. The van der Waals surface area contributed by atoms with E-state index in [2.05, 4.69) is 15.0 Å². The smallest absolute Gasteiger partial charge is 0.321 e. The largest absolute Gasteiger partial charge is 0.463 e. The van der Waals surface area contributed by atoms with Crippen molar-refractivity contribution in [3.05, 3.63) is 35.6 Å². The number of hydrogen-bond acceptors (Lipinski definition) is 5. The zero-order chi connectivity index (χ0) is 13.9. The molecule has 0 aliphatic heterocycles. The Morgan fingerprint density at radius 1 is 1.20 bits per heavy atom. The Morgan fingerprint density at radius 2 is 2.05 bits per heavy atom. The molecule has 0 spiro atoms. The quantitative estimate of drug-likeness (QED) is 0.732. The van der Waals surface area contributed by atoms with Gasteiger partial charge in [0, 0.05) is 5.39 Å². The van der Waals surface area contributed by atoms with E-state index in [4.69, 9.17) is 20.8 Å². The van der Waals surface area contributed by atoms with Crippen molar-refractivity contribution in [1.29, 1.82) is 0 Å². The van der Waals surface area contributed by atoms with Crippen molar-refractivity contribution in [2.75, 3.05) is 6.61 Å². The van der Waals surface area contributed by atoms with Gasteiger partial charge in [-0.2, -0.15) is 15.0 Å². The molecule has 0 aliphatic carbocycles. The van der Waals surface area contributed by atoms with Gasteiger partial charge in [0.1, 0.15) is 5.58 Å². The summed E-state index contributed by atoms with van der Waals surface area (Å²) in [7, 11) is 0. The first-order valence-corrected chi connectivity index (χ1v) is 6.67. The number of benzene rings is 1. The number of rotatable bonds is 4. The molecule has 1 aromatic carbocycles. The van der Waals surface area contributed by atoms with Crippen LogP contribution in [-0.4, -0.2) is 21.6 Å². The Bertz CT molecular complexity index is 709. The van der Waals surface area contributed by atoms with E-state index in [0.29, 0.717) is 18.2 Å². The first-order valence-electron chi connectivity index (χ1n) is 6.29. The van der Waals surface area contributed by atoms with Gasteiger partial charge in [0.25, 0.3) is 0 Å². The molecule has 0 atom stereocenters. The van der Waals surface area contributed by atoms with Gasteiger partial charge in [0.05, 0.1) is 6.61 Å². The molecule has 0 saturated carbocycles. The van der Waals surface area contributed by atoms with Gasteiger partial charge in [-0.05, 0) is 30.2 Å². The summed E-state index contributed by atoms with van der Waals surface area (Å²) in [6, 6.07) is 9.77. The van der Waals surface area contributed by atoms with Crippen LogP contribution in [0.15, 0.2) is 34.7 Å². The maximum atomic E-state index is 5.89. The highest BCUT2D eigenvalue weighted by molar-refractivity contribution is 6.28. The van der Waals surface area contributed by atoms with Crippen molar-refractivity contribution in [3.63, 3.8) is 0 Å². The van der Waals surface area contributed by atoms with E-state index in [1.54, 1.807) is 0 Å². The molecule has 0 fully saturated rings. The van der Waals surface area contributed by atoms with Crippen LogP contribution in [0.2, 0.25) is 5.28 Å². The predicted molar refractivity (Wildman–Crippen MR) is 75.8 cm³/mol. The lowest BCUT2D eigenvalue weighted by Gasteiger charge is -2.03. The fourth-order valence-electron chi connectivity index (χ4n) is 1.79. The highest BCUT2D eigenvalue weighted by Gasteiger charge is 2.12. The van der Waals surface area contributed by atoms with Crippen LogP contribution >= 0.6 is 11.6 Å². The van der Waals surface area contributed by atoms with E-state index in [-0.39, 0.29) is 11.3 Å². The van der Waals surface area contributed by atoms with Gasteiger partial charge >= 0.3 is 6.01 Å². The zero-order valence-corrected chi connectivity index (χ0v) is 11.6. The summed E-state index contributed by atoms with van der Waals surface area (Å²) < 4.78 is 11.1. The van der Waals surface area contributed by atoms with Gasteiger partial charge < -0.3 is 9.15 Å². The Labute approximate surface area is 120 Å². The lowest BCUT2D eigenvalue weighted by Crippen LogP contribution is -2.02. The SMILES string of the molecule is CCCOc1nc(Cl)nc(-c2cc3ccccc3o2)n1. The maximum absolute atomic E-state index is 5.89. The highest BCUT2D eigenvalue weighted by atomic mass is 35.5. The molecule has 102 valence electrons. The van der Waals surface area contributed by atoms with Gasteiger partial charge in [-0.3, -0.25) is 0 Å². The van der Waals surface area contributed by atoms with Crippen LogP contribution in [0.4, 0.5) is 0 Å². The number of aromatic nitrogens is 3. The molecule has 0 bridgehead atoms. The second kappa shape index (κ2) is 5.46. The Hall–Kier alpha value is -2.14. The molecule has 0 amide bonds. The zero-order valence-electron chi connectivity index (χ0n) is 10.8. The third-order valence-corrected chi connectivity index (χ3v) is 2.84. The third-order valence-electron chi connectivity index (χ3n) is 2.67. The lowest BCUT2D eigenvalue weighted by atomic mass is 10.2. The summed E-state index contributed by atoms with van der Waals surface area (Å²) in [5, 5.41) is 1.07. The maximum Gasteiger partial charge on any atom is 0.321 e. The van der Waals surface area contributed by atoms with E-state index >= 15 is 0 Å². The second-order valence-corrected chi connectivity index (χ2v) is 4.55. The van der Waals surface area contributed by atoms with Crippen LogP contribution < -0.4 is 4.74 Å². The summed E-state index contributed by atoms with van der Waals surface area (Å²) in [6.45, 7) is 2.53. The van der Waals surface area contributed by atoms with Gasteiger partial charge in [-0.15, -0.1) is 0 Å². The number of furan rings is 1. The van der Waals surface area contributed by atoms with Crippen molar-refractivity contribution >= 4 is 22.6 Å². The number of halogens is 1. The van der Waals surface area contributed by atoms with Crippen molar-refractivity contribution in [2.24, 2.45) is 0 Å². The molecule has 20 heavy (non-hydrogen) atoms. The Balaban J connectivity index is 2.01. The molecule has 0 radical (unpaired) electrons. The number of para-hydroxylation sites is 1. The van der Waals surface area contributed by atoms with E-state index in [1.807, 2.05) is 37.3 Å². The predicted octanol–water partition coefficient (Wildman–Crippen LogP) is 3.73. The summed E-state index contributed by atoms with van der Waals surface area (Å²) >= 11 is 5.89. The topological polar surface area (TPSA) is 61.0 Å². The third kappa shape index (κ3) is 2.58. The van der Waals surface area contributed by atoms with Crippen LogP contribution in [0.1, 0.15) is 13.3 Å². The summed E-state index contributed by atoms with van der Waals surface area (Å²) in [5.74, 6) is 0.907. The molecule has 0 N–H and O–H groups in total. The van der Waals surface area contributed by atoms with Gasteiger partial charge in [-0.25, -0.2) is 0 Å². The molecular formula is C14H12ClN3O2. The van der Waals surface area contributed by atoms with Crippen LogP contribution in [-0.2, 0) is 0 Å². The van der Waals surface area contributed by atoms with E-state index in [9.17, 15) is 0 Å². The number of nitrogens with zero attached hydrogens (tertiary/aromatic N) is 3. The second-order valence-electron chi connectivity index (χ2n) is 4.21. The minimum absolute atomic E-state index is 0.0848. The molecular weight excluding hydrogens is 278 g/mol. The average Bonchev–Trinajstić information content (AvgIpc) is 2.88. The van der Waals surface area contributed by atoms with E-state index in [0.717, 1.165) is 17.4 Å². The Kier molecular flexibility index (Phi) is 3.52. The van der Waals surface area contributed by atoms with Crippen LogP contribution in [0.3, 0.4) is 0 Å². The Morgan fingerprint density at radius 3 is 2.85 bits per heavy atom. The normalized spacial score (nSPS) is 10.9. The van der Waals surface area contributed by atoms with E-state index in [1.165, 1.54) is 0 Å². The minimum Gasteiger partial charge on any atom is -0.463 e. The van der Waals surface area contributed by atoms with Crippen LogP contribution in [0, 0.1) is 0 Å². The standard InChI is InChI=1S/C14H12ClN3O2/c1-2-7-19-14-17-12(16-13(15)18-14)11-8-9-5-3-4-6-10(9)20-11/h3-6,8H,2,7H2,1H3. The lowest BCUT2D eigenvalue weighted by molar-refractivity contribution is 0.291. The molecule has 6 heteroatoms. The number of ether oxygens (including phenoxy) is 1. The highest BCUT2D eigenvalue weighted by Crippen LogP contribution is 2.26. The van der Waals surface area contributed by atoms with E-state index < -0.39 is 0 Å². The van der Waals surface area contributed by atoms with Crippen LogP contribution in [0.5, 0.6) is 6.01 Å². The minimum atomic E-state index is 0.0848. The summed E-state index contributed by atoms with van der Waals surface area (Å²) in [4.78, 5) is 12.2. The van der Waals surface area contributed by atoms with Crippen molar-refractivity contribution in [3.8, 4) is 17.6 Å². The van der Waals surface area contributed by atoms with Crippen molar-refractivity contribution in [1.82, 2.24) is 15.0 Å². The molecule has 0 saturated heterocycles. The van der Waals surface area contributed by atoms with Crippen molar-refractivity contribution in [2.45, 2.75) is 13.3 Å². The van der Waals surface area contributed by atoms with Gasteiger partial charge in [0.2, 0.25) is 11.1 Å². The fourth-order valence-corrected chi connectivity index (χ4v) is 1.94. The average molecular weight is 290 g/mol. The number of hydrogen-bond donors (Lipinski definition) is 0. The molecule has 5 nitrogen and oxygen atoms in total. The number of fused-ring (bicyclic) bond motifs is 1. The molecule has 3 rings (SSSR count). The summed E-state index contributed by atoms with van der Waals surface area (Å²) in [5.41, 5.74) is 0.773. The van der Waals surface area contributed by atoms with Crippen molar-refractivity contribution < 1.29 is 9.15 Å². The van der Waals surface area contributed by atoms with Gasteiger partial charge in [-0.1, -0.05) is 25.1 Å². The molecule has 3 aromatic rings. The molecule has 2 heterocycles. The van der Waals surface area contributed by atoms with Gasteiger partial charge in [0.15, 0.2) is 5.76 Å². The monoisotopic (exact) mass is 289 g/mol. The first-order chi connectivity index (χ1) is 9.76.